The lowest BCUT2D eigenvalue weighted by molar-refractivity contribution is 0.202. The van der Waals surface area contributed by atoms with Gasteiger partial charge in [-0.3, -0.25) is 0 Å². The standard InChI is InChI=1S/C37H47FO2/c1-26-21-27(2)23-30(22-26)5-3-4-20-40-35-17-9-29(10-18-35)24-37-31(11-6-28-7-14-33(38)15-8-28)12-13-32-25-34(39)16-19-36(32)37/h7-10,14-19,25-27,30-31,37,39H,3-6,11-13,20-24H2,1-2H3. The third kappa shape index (κ3) is 7.89. The van der Waals surface area contributed by atoms with Gasteiger partial charge in [0, 0.05) is 0 Å². The molecule has 2 nitrogen and oxygen atoms in total. The Balaban J connectivity index is 1.15. The number of benzene rings is 3. The van der Waals surface area contributed by atoms with E-state index in [0.717, 1.165) is 68.6 Å². The summed E-state index contributed by atoms with van der Waals surface area (Å²) >= 11 is 0. The highest BCUT2D eigenvalue weighted by Gasteiger charge is 2.30. The molecule has 5 rings (SSSR count). The predicted molar refractivity (Wildman–Crippen MR) is 163 cm³/mol. The first kappa shape index (κ1) is 28.7. The van der Waals surface area contributed by atoms with Crippen LogP contribution in [-0.2, 0) is 19.3 Å². The summed E-state index contributed by atoms with van der Waals surface area (Å²) in [5.41, 5.74) is 5.17. The van der Waals surface area contributed by atoms with Crippen molar-refractivity contribution in [2.24, 2.45) is 23.7 Å². The Morgan fingerprint density at radius 1 is 0.825 bits per heavy atom. The summed E-state index contributed by atoms with van der Waals surface area (Å²) in [6.07, 6.45) is 13.1. The zero-order chi connectivity index (χ0) is 27.9. The quantitative estimate of drug-likeness (QED) is 0.244. The van der Waals surface area contributed by atoms with Gasteiger partial charge in [-0.2, -0.15) is 0 Å². The van der Waals surface area contributed by atoms with Crippen LogP contribution in [0.1, 0.15) is 93.4 Å². The van der Waals surface area contributed by atoms with Crippen LogP contribution in [0.25, 0.3) is 0 Å². The average molecular weight is 543 g/mol. The molecule has 40 heavy (non-hydrogen) atoms. The summed E-state index contributed by atoms with van der Waals surface area (Å²) in [5, 5.41) is 10.1. The molecular weight excluding hydrogens is 495 g/mol. The number of rotatable bonds is 11. The average Bonchev–Trinajstić information content (AvgIpc) is 2.93. The molecule has 0 heterocycles. The van der Waals surface area contributed by atoms with Gasteiger partial charge in [0.2, 0.25) is 0 Å². The molecule has 214 valence electrons. The number of hydrogen-bond acceptors (Lipinski definition) is 2. The molecule has 3 aromatic carbocycles. The van der Waals surface area contributed by atoms with E-state index < -0.39 is 0 Å². The minimum absolute atomic E-state index is 0.177. The molecule has 1 N–H and O–H groups in total. The van der Waals surface area contributed by atoms with Crippen molar-refractivity contribution in [1.82, 2.24) is 0 Å². The lowest BCUT2D eigenvalue weighted by Gasteiger charge is -2.34. The minimum atomic E-state index is -0.177. The van der Waals surface area contributed by atoms with Crippen LogP contribution in [0.2, 0.25) is 0 Å². The van der Waals surface area contributed by atoms with Gasteiger partial charge in [-0.05, 0) is 152 Å². The number of fused-ring (bicyclic) bond motifs is 1. The summed E-state index contributed by atoms with van der Waals surface area (Å²) in [5.74, 6) is 4.79. The second-order valence-electron chi connectivity index (χ2n) is 12.9. The molecule has 0 aromatic heterocycles. The molecular formula is C37H47FO2. The Bertz CT molecular complexity index is 1190. The fourth-order valence-corrected chi connectivity index (χ4v) is 7.64. The molecule has 0 spiro atoms. The molecule has 2 aliphatic carbocycles. The van der Waals surface area contributed by atoms with Crippen molar-refractivity contribution in [3.63, 3.8) is 0 Å². The Morgan fingerprint density at radius 3 is 2.30 bits per heavy atom. The minimum Gasteiger partial charge on any atom is -0.508 e. The van der Waals surface area contributed by atoms with Crippen molar-refractivity contribution in [1.29, 1.82) is 0 Å². The number of hydrogen-bond donors (Lipinski definition) is 1. The fourth-order valence-electron chi connectivity index (χ4n) is 7.64. The highest BCUT2D eigenvalue weighted by molar-refractivity contribution is 5.40. The van der Waals surface area contributed by atoms with E-state index >= 15 is 0 Å². The van der Waals surface area contributed by atoms with Crippen LogP contribution in [-0.4, -0.2) is 11.7 Å². The van der Waals surface area contributed by atoms with Crippen LogP contribution in [0.3, 0.4) is 0 Å². The second kappa shape index (κ2) is 13.7. The van der Waals surface area contributed by atoms with E-state index in [1.54, 1.807) is 12.1 Å². The van der Waals surface area contributed by atoms with Gasteiger partial charge in [0.05, 0.1) is 6.61 Å². The van der Waals surface area contributed by atoms with Crippen molar-refractivity contribution in [2.75, 3.05) is 6.61 Å². The number of unbranched alkanes of at least 4 members (excludes halogenated alkanes) is 1. The maximum absolute atomic E-state index is 13.4. The number of phenolic OH excluding ortho intramolecular Hbond substituents is 1. The zero-order valence-electron chi connectivity index (χ0n) is 24.5. The molecule has 4 unspecified atom stereocenters. The Hall–Kier alpha value is -2.81. The number of aromatic hydroxyl groups is 1. The van der Waals surface area contributed by atoms with E-state index in [-0.39, 0.29) is 5.82 Å². The van der Waals surface area contributed by atoms with Crippen molar-refractivity contribution in [3.05, 3.63) is 94.8 Å². The highest BCUT2D eigenvalue weighted by atomic mass is 19.1. The van der Waals surface area contributed by atoms with Crippen molar-refractivity contribution < 1.29 is 14.2 Å². The summed E-state index contributed by atoms with van der Waals surface area (Å²) in [7, 11) is 0. The first-order valence-electron chi connectivity index (χ1n) is 15.7. The molecule has 3 aromatic rings. The van der Waals surface area contributed by atoms with E-state index in [1.165, 1.54) is 54.4 Å². The van der Waals surface area contributed by atoms with Gasteiger partial charge in [0.15, 0.2) is 0 Å². The molecule has 0 radical (unpaired) electrons. The van der Waals surface area contributed by atoms with E-state index in [1.807, 2.05) is 24.3 Å². The second-order valence-corrected chi connectivity index (χ2v) is 12.9. The monoisotopic (exact) mass is 542 g/mol. The van der Waals surface area contributed by atoms with Crippen molar-refractivity contribution >= 4 is 0 Å². The lowest BCUT2D eigenvalue weighted by atomic mass is 9.70. The molecule has 1 saturated carbocycles. The van der Waals surface area contributed by atoms with Gasteiger partial charge in [-0.1, -0.05) is 50.6 Å². The maximum atomic E-state index is 13.4. The maximum Gasteiger partial charge on any atom is 0.123 e. The van der Waals surface area contributed by atoms with E-state index in [4.69, 9.17) is 4.74 Å². The smallest absolute Gasteiger partial charge is 0.123 e. The molecule has 3 heteroatoms. The SMILES string of the molecule is CC1CC(C)CC(CCCCOc2ccc(CC3c4ccc(O)cc4CCC3CCc3ccc(F)cc3)cc2)C1. The van der Waals surface area contributed by atoms with Crippen LogP contribution in [0, 0.1) is 29.5 Å². The highest BCUT2D eigenvalue weighted by Crippen LogP contribution is 2.42. The predicted octanol–water partition coefficient (Wildman–Crippen LogP) is 9.67. The van der Waals surface area contributed by atoms with Crippen LogP contribution in [0.15, 0.2) is 66.7 Å². The lowest BCUT2D eigenvalue weighted by Crippen LogP contribution is -2.23. The van der Waals surface area contributed by atoms with E-state index in [9.17, 15) is 9.50 Å². The summed E-state index contributed by atoms with van der Waals surface area (Å²) < 4.78 is 19.5. The fraction of sp³-hybridized carbons (Fsp3) is 0.514. The van der Waals surface area contributed by atoms with Crippen molar-refractivity contribution in [3.8, 4) is 11.5 Å². The van der Waals surface area contributed by atoms with Gasteiger partial charge in [0.25, 0.3) is 0 Å². The third-order valence-electron chi connectivity index (χ3n) is 9.53. The third-order valence-corrected chi connectivity index (χ3v) is 9.53. The normalized spacial score (nSPS) is 24.4. The first-order valence-corrected chi connectivity index (χ1v) is 15.7. The number of ether oxygens (including phenoxy) is 1. The van der Waals surface area contributed by atoms with E-state index in [0.29, 0.717) is 17.6 Å². The molecule has 1 fully saturated rings. The van der Waals surface area contributed by atoms with Gasteiger partial charge in [-0.15, -0.1) is 0 Å². The van der Waals surface area contributed by atoms with Crippen molar-refractivity contribution in [2.45, 2.75) is 90.4 Å². The summed E-state index contributed by atoms with van der Waals surface area (Å²) in [6, 6.07) is 21.6. The zero-order valence-corrected chi connectivity index (χ0v) is 24.5. The number of halogens is 1. The molecule has 2 aliphatic rings. The number of phenols is 1. The van der Waals surface area contributed by atoms with Gasteiger partial charge >= 0.3 is 0 Å². The summed E-state index contributed by atoms with van der Waals surface area (Å²) in [6.45, 7) is 5.63. The molecule has 0 amide bonds. The molecule has 4 atom stereocenters. The van der Waals surface area contributed by atoms with Gasteiger partial charge in [0.1, 0.15) is 17.3 Å². The molecule has 0 aliphatic heterocycles. The number of aryl methyl sites for hydroxylation is 2. The molecule has 0 saturated heterocycles. The molecule has 0 bridgehead atoms. The van der Waals surface area contributed by atoms with Gasteiger partial charge in [-0.25, -0.2) is 4.39 Å². The van der Waals surface area contributed by atoms with Crippen LogP contribution in [0.5, 0.6) is 11.5 Å². The van der Waals surface area contributed by atoms with Gasteiger partial charge < -0.3 is 9.84 Å². The topological polar surface area (TPSA) is 29.5 Å². The Morgan fingerprint density at radius 2 is 1.55 bits per heavy atom. The Kier molecular flexibility index (Phi) is 9.83. The van der Waals surface area contributed by atoms with Crippen LogP contribution >= 0.6 is 0 Å². The first-order chi connectivity index (χ1) is 19.4. The van der Waals surface area contributed by atoms with E-state index in [2.05, 4.69) is 44.2 Å². The van der Waals surface area contributed by atoms with Crippen LogP contribution in [0.4, 0.5) is 4.39 Å². The summed E-state index contributed by atoms with van der Waals surface area (Å²) in [4.78, 5) is 0. The largest absolute Gasteiger partial charge is 0.508 e. The Labute approximate surface area is 241 Å². The van der Waals surface area contributed by atoms with Crippen LogP contribution < -0.4 is 4.74 Å².